The van der Waals surface area contributed by atoms with E-state index in [1.165, 1.54) is 12.1 Å². The number of ether oxygens (including phenoxy) is 2. The van der Waals surface area contributed by atoms with Crippen LogP contribution in [0, 0.1) is 0 Å². The maximum absolute atomic E-state index is 12.3. The van der Waals surface area contributed by atoms with Crippen molar-refractivity contribution < 1.29 is 18.3 Å². The van der Waals surface area contributed by atoms with Gasteiger partial charge in [0.05, 0.1) is 0 Å². The molecular weight excluding hydrogens is 374 g/mol. The third-order valence-electron chi connectivity index (χ3n) is 3.68. The largest absolute Gasteiger partial charge is 0.488 e. The van der Waals surface area contributed by atoms with Gasteiger partial charge in [0.25, 0.3) is 0 Å². The van der Waals surface area contributed by atoms with Gasteiger partial charge in [-0.25, -0.2) is 0 Å². The molecule has 3 rings (SSSR count). The van der Waals surface area contributed by atoms with E-state index in [2.05, 4.69) is 15.0 Å². The molecule has 27 heavy (non-hydrogen) atoms. The van der Waals surface area contributed by atoms with Gasteiger partial charge in [-0.2, -0.15) is 8.78 Å². The second-order valence-corrected chi connectivity index (χ2v) is 6.10. The predicted molar refractivity (Wildman–Crippen MR) is 100 cm³/mol. The van der Waals surface area contributed by atoms with Crippen LogP contribution in [0.4, 0.5) is 14.5 Å². The third-order valence-corrected chi connectivity index (χ3v) is 3.92. The smallest absolute Gasteiger partial charge is 0.387 e. The Morgan fingerprint density at radius 1 is 1.07 bits per heavy atom. The Hall–Kier alpha value is -2.86. The van der Waals surface area contributed by atoms with Crippen molar-refractivity contribution in [1.82, 2.24) is 4.98 Å². The molecule has 0 amide bonds. The van der Waals surface area contributed by atoms with Gasteiger partial charge in [0.1, 0.15) is 18.1 Å². The molecule has 0 atom stereocenters. The molecule has 0 bridgehead atoms. The van der Waals surface area contributed by atoms with Crippen molar-refractivity contribution in [1.29, 1.82) is 0 Å². The van der Waals surface area contributed by atoms with Crippen molar-refractivity contribution >= 4 is 17.3 Å². The van der Waals surface area contributed by atoms with Crippen molar-refractivity contribution in [3.05, 3.63) is 83.1 Å². The zero-order chi connectivity index (χ0) is 19.1. The highest BCUT2D eigenvalue weighted by molar-refractivity contribution is 6.30. The minimum atomic E-state index is -2.86. The molecule has 7 heteroatoms. The van der Waals surface area contributed by atoms with Crippen LogP contribution in [0.25, 0.3) is 0 Å². The maximum atomic E-state index is 12.3. The molecule has 3 aromatic rings. The molecule has 0 aliphatic carbocycles. The summed E-state index contributed by atoms with van der Waals surface area (Å²) < 4.78 is 35.0. The van der Waals surface area contributed by atoms with Gasteiger partial charge in [0.2, 0.25) is 0 Å². The summed E-state index contributed by atoms with van der Waals surface area (Å²) in [5.41, 5.74) is 2.43. The van der Waals surface area contributed by atoms with E-state index in [4.69, 9.17) is 16.3 Å². The molecule has 0 unspecified atom stereocenters. The Bertz CT molecular complexity index is 879. The molecule has 2 aromatic carbocycles. The Balaban J connectivity index is 1.68. The number of nitrogens with zero attached hydrogens (tertiary/aromatic N) is 1. The van der Waals surface area contributed by atoms with E-state index in [1.807, 2.05) is 12.1 Å². The van der Waals surface area contributed by atoms with Crippen molar-refractivity contribution in [3.8, 4) is 11.5 Å². The van der Waals surface area contributed by atoms with Crippen LogP contribution in [-0.2, 0) is 13.2 Å². The van der Waals surface area contributed by atoms with Gasteiger partial charge in [-0.3, -0.25) is 4.98 Å². The number of nitrogens with one attached hydrogen (secondary N) is 1. The number of rotatable bonds is 8. The number of pyridine rings is 1. The van der Waals surface area contributed by atoms with Gasteiger partial charge in [-0.05, 0) is 36.4 Å². The minimum Gasteiger partial charge on any atom is -0.488 e. The summed E-state index contributed by atoms with van der Waals surface area (Å²) in [5.74, 6) is 0.768. The van der Waals surface area contributed by atoms with Gasteiger partial charge >= 0.3 is 6.61 Å². The number of hydrogen-bond acceptors (Lipinski definition) is 4. The molecule has 1 aromatic heterocycles. The fraction of sp³-hybridized carbons (Fsp3) is 0.150. The third kappa shape index (κ3) is 5.82. The van der Waals surface area contributed by atoms with Gasteiger partial charge in [-0.1, -0.05) is 23.7 Å². The minimum absolute atomic E-state index is 0.0918. The zero-order valence-corrected chi connectivity index (χ0v) is 15.0. The first kappa shape index (κ1) is 18.9. The fourth-order valence-electron chi connectivity index (χ4n) is 2.45. The molecule has 0 saturated heterocycles. The van der Waals surface area contributed by atoms with Crippen molar-refractivity contribution in [2.45, 2.75) is 19.8 Å². The number of benzene rings is 2. The van der Waals surface area contributed by atoms with Gasteiger partial charge in [0.15, 0.2) is 0 Å². The van der Waals surface area contributed by atoms with Crippen LogP contribution < -0.4 is 14.8 Å². The molecule has 0 radical (unpaired) electrons. The van der Waals surface area contributed by atoms with Crippen LogP contribution in [0.5, 0.6) is 11.5 Å². The predicted octanol–water partition coefficient (Wildman–Crippen LogP) is 5.53. The lowest BCUT2D eigenvalue weighted by molar-refractivity contribution is -0.0498. The van der Waals surface area contributed by atoms with Crippen LogP contribution in [0.3, 0.4) is 0 Å². The van der Waals surface area contributed by atoms with Crippen LogP contribution >= 0.6 is 11.6 Å². The lowest BCUT2D eigenvalue weighted by Gasteiger charge is -2.14. The van der Waals surface area contributed by atoms with Crippen LogP contribution in [0.1, 0.15) is 11.1 Å². The van der Waals surface area contributed by atoms with Gasteiger partial charge in [0, 0.05) is 46.8 Å². The van der Waals surface area contributed by atoms with Crippen molar-refractivity contribution in [3.63, 3.8) is 0 Å². The summed E-state index contributed by atoms with van der Waals surface area (Å²) >= 11 is 6.10. The highest BCUT2D eigenvalue weighted by Gasteiger charge is 2.08. The van der Waals surface area contributed by atoms with E-state index >= 15 is 0 Å². The molecule has 1 heterocycles. The van der Waals surface area contributed by atoms with Crippen molar-refractivity contribution in [2.75, 3.05) is 5.32 Å². The van der Waals surface area contributed by atoms with Crippen LogP contribution in [-0.4, -0.2) is 11.6 Å². The molecule has 0 saturated carbocycles. The van der Waals surface area contributed by atoms with E-state index in [0.717, 1.165) is 11.1 Å². The molecule has 140 valence electrons. The average molecular weight is 391 g/mol. The summed E-state index contributed by atoms with van der Waals surface area (Å²) in [5, 5.41) is 3.74. The molecule has 1 N–H and O–H groups in total. The van der Waals surface area contributed by atoms with E-state index in [9.17, 15) is 8.78 Å². The van der Waals surface area contributed by atoms with Gasteiger partial charge < -0.3 is 14.8 Å². The maximum Gasteiger partial charge on any atom is 0.387 e. The SMILES string of the molecule is FC(F)Oc1cccc(NCc2cc(Cl)ccc2OCc2cccnc2)c1. The molecular formula is C20H17ClF2N2O2. The standard InChI is InChI=1S/C20H17ClF2N2O2/c21-16-6-7-19(26-13-14-3-2-8-24-11-14)15(9-16)12-25-17-4-1-5-18(10-17)27-20(22)23/h1-11,20,25H,12-13H2. The number of anilines is 1. The topological polar surface area (TPSA) is 43.4 Å². The first-order chi connectivity index (χ1) is 13.1. The van der Waals surface area contributed by atoms with Crippen LogP contribution in [0.2, 0.25) is 5.02 Å². The summed E-state index contributed by atoms with van der Waals surface area (Å²) in [4.78, 5) is 4.06. The molecule has 4 nitrogen and oxygen atoms in total. The van der Waals surface area contributed by atoms with E-state index in [-0.39, 0.29) is 5.75 Å². The van der Waals surface area contributed by atoms with E-state index in [0.29, 0.717) is 29.6 Å². The Morgan fingerprint density at radius 3 is 2.74 bits per heavy atom. The fourth-order valence-corrected chi connectivity index (χ4v) is 2.65. The molecule has 0 spiro atoms. The van der Waals surface area contributed by atoms with E-state index < -0.39 is 6.61 Å². The summed E-state index contributed by atoms with van der Waals surface area (Å²) in [6, 6.07) is 15.5. The normalized spacial score (nSPS) is 10.7. The highest BCUT2D eigenvalue weighted by Crippen LogP contribution is 2.26. The number of aromatic nitrogens is 1. The zero-order valence-electron chi connectivity index (χ0n) is 14.2. The van der Waals surface area contributed by atoms with Gasteiger partial charge in [-0.15, -0.1) is 0 Å². The monoisotopic (exact) mass is 390 g/mol. The summed E-state index contributed by atoms with van der Waals surface area (Å²) in [6.45, 7) is -2.08. The second kappa shape index (κ2) is 9.19. The number of alkyl halides is 2. The Labute approximate surface area is 160 Å². The molecule has 0 fully saturated rings. The Morgan fingerprint density at radius 2 is 1.96 bits per heavy atom. The van der Waals surface area contributed by atoms with Crippen molar-refractivity contribution in [2.24, 2.45) is 0 Å². The first-order valence-electron chi connectivity index (χ1n) is 8.19. The Kier molecular flexibility index (Phi) is 6.44. The van der Waals surface area contributed by atoms with E-state index in [1.54, 1.807) is 42.7 Å². The first-order valence-corrected chi connectivity index (χ1v) is 8.57. The number of hydrogen-bond donors (Lipinski definition) is 1. The lowest BCUT2D eigenvalue weighted by Crippen LogP contribution is -2.05. The quantitative estimate of drug-likeness (QED) is 0.549. The molecule has 0 aliphatic rings. The number of halogens is 3. The second-order valence-electron chi connectivity index (χ2n) is 5.66. The highest BCUT2D eigenvalue weighted by atomic mass is 35.5. The lowest BCUT2D eigenvalue weighted by atomic mass is 10.2. The average Bonchev–Trinajstić information content (AvgIpc) is 2.66. The molecule has 0 aliphatic heterocycles. The van der Waals surface area contributed by atoms with Crippen LogP contribution in [0.15, 0.2) is 67.0 Å². The summed E-state index contributed by atoms with van der Waals surface area (Å²) in [6.07, 6.45) is 3.44. The summed E-state index contributed by atoms with van der Waals surface area (Å²) in [7, 11) is 0.